The minimum absolute atomic E-state index is 0.216. The molecule has 0 atom stereocenters. The molecular weight excluding hydrogens is 386 g/mol. The number of rotatable bonds is 3. The fourth-order valence-corrected chi connectivity index (χ4v) is 3.05. The smallest absolute Gasteiger partial charge is 0.410 e. The second-order valence-electron chi connectivity index (χ2n) is 7.70. The summed E-state index contributed by atoms with van der Waals surface area (Å²) < 4.78 is 11.8. The standard InChI is InChI=1S/C19H26BrNO4/c1-18(2,3)25-17(23)21-11-9-19(4,10-12-21)16(22)24-13-14-7-5-6-8-15(14)20/h5-8H,9-13H2,1-4H3. The van der Waals surface area contributed by atoms with Crippen LogP contribution in [0, 0.1) is 5.41 Å². The van der Waals surface area contributed by atoms with Gasteiger partial charge < -0.3 is 14.4 Å². The predicted octanol–water partition coefficient (Wildman–Crippen LogP) is 4.53. The molecule has 1 aliphatic heterocycles. The number of ether oxygens (including phenoxy) is 2. The third kappa shape index (κ3) is 5.46. The van der Waals surface area contributed by atoms with Crippen LogP contribution in [-0.4, -0.2) is 35.7 Å². The van der Waals surface area contributed by atoms with Crippen LogP contribution < -0.4 is 0 Å². The zero-order valence-corrected chi connectivity index (χ0v) is 16.9. The molecule has 1 fully saturated rings. The number of benzene rings is 1. The highest BCUT2D eigenvalue weighted by Gasteiger charge is 2.40. The van der Waals surface area contributed by atoms with Crippen LogP contribution in [0.5, 0.6) is 0 Å². The first kappa shape index (κ1) is 19.8. The molecule has 0 N–H and O–H groups in total. The molecule has 0 radical (unpaired) electrons. The Bertz CT molecular complexity index is 631. The number of carbonyl (C=O) groups is 2. The fraction of sp³-hybridized carbons (Fsp3) is 0.579. The van der Waals surface area contributed by atoms with Gasteiger partial charge in [-0.3, -0.25) is 4.79 Å². The largest absolute Gasteiger partial charge is 0.460 e. The molecule has 6 heteroatoms. The summed E-state index contributed by atoms with van der Waals surface area (Å²) in [6, 6.07) is 7.67. The number of piperidine rings is 1. The van der Waals surface area contributed by atoms with Crippen molar-refractivity contribution < 1.29 is 19.1 Å². The molecule has 1 aromatic carbocycles. The maximum Gasteiger partial charge on any atom is 0.410 e. The molecule has 0 unspecified atom stereocenters. The van der Waals surface area contributed by atoms with Gasteiger partial charge in [0.05, 0.1) is 5.41 Å². The number of hydrogen-bond acceptors (Lipinski definition) is 4. The van der Waals surface area contributed by atoms with E-state index in [0.29, 0.717) is 25.9 Å². The number of halogens is 1. The molecule has 1 amide bonds. The fourth-order valence-electron chi connectivity index (χ4n) is 2.65. The number of esters is 1. The van der Waals surface area contributed by atoms with E-state index < -0.39 is 11.0 Å². The van der Waals surface area contributed by atoms with Crippen LogP contribution in [-0.2, 0) is 20.9 Å². The van der Waals surface area contributed by atoms with Crippen molar-refractivity contribution in [3.05, 3.63) is 34.3 Å². The summed E-state index contributed by atoms with van der Waals surface area (Å²) in [5.41, 5.74) is -0.148. The average molecular weight is 412 g/mol. The first-order valence-corrected chi connectivity index (χ1v) is 9.29. The summed E-state index contributed by atoms with van der Waals surface area (Å²) in [4.78, 5) is 26.3. The molecule has 0 aliphatic carbocycles. The molecule has 25 heavy (non-hydrogen) atoms. The van der Waals surface area contributed by atoms with Gasteiger partial charge in [0.1, 0.15) is 12.2 Å². The lowest BCUT2D eigenvalue weighted by molar-refractivity contribution is -0.159. The zero-order valence-electron chi connectivity index (χ0n) is 15.3. The van der Waals surface area contributed by atoms with E-state index in [2.05, 4.69) is 15.9 Å². The third-order valence-corrected chi connectivity index (χ3v) is 5.10. The molecule has 1 saturated heterocycles. The second-order valence-corrected chi connectivity index (χ2v) is 8.55. The van der Waals surface area contributed by atoms with Crippen molar-refractivity contribution in [1.82, 2.24) is 4.90 Å². The summed E-state index contributed by atoms with van der Waals surface area (Å²) in [5.74, 6) is -0.216. The summed E-state index contributed by atoms with van der Waals surface area (Å²) in [6.07, 6.45) is 0.818. The van der Waals surface area contributed by atoms with E-state index in [4.69, 9.17) is 9.47 Å². The van der Waals surface area contributed by atoms with Crippen molar-refractivity contribution in [1.29, 1.82) is 0 Å². The van der Waals surface area contributed by atoms with Crippen molar-refractivity contribution in [3.63, 3.8) is 0 Å². The lowest BCUT2D eigenvalue weighted by Gasteiger charge is -2.38. The van der Waals surface area contributed by atoms with Crippen molar-refractivity contribution in [2.24, 2.45) is 5.41 Å². The maximum absolute atomic E-state index is 12.5. The summed E-state index contributed by atoms with van der Waals surface area (Å²) in [7, 11) is 0. The summed E-state index contributed by atoms with van der Waals surface area (Å²) >= 11 is 3.45. The molecule has 1 heterocycles. The van der Waals surface area contributed by atoms with E-state index in [1.807, 2.05) is 52.0 Å². The SMILES string of the molecule is CC(C)(C)OC(=O)N1CCC(C)(C(=O)OCc2ccccc2Br)CC1. The number of amides is 1. The van der Waals surface area contributed by atoms with E-state index in [-0.39, 0.29) is 18.7 Å². The van der Waals surface area contributed by atoms with Gasteiger partial charge >= 0.3 is 12.1 Å². The monoisotopic (exact) mass is 411 g/mol. The minimum atomic E-state index is -0.570. The minimum Gasteiger partial charge on any atom is -0.460 e. The first-order chi connectivity index (χ1) is 11.6. The molecule has 1 aromatic rings. The molecule has 5 nitrogen and oxygen atoms in total. The van der Waals surface area contributed by atoms with Crippen molar-refractivity contribution in [2.75, 3.05) is 13.1 Å². The lowest BCUT2D eigenvalue weighted by Crippen LogP contribution is -2.47. The van der Waals surface area contributed by atoms with Gasteiger partial charge in [-0.1, -0.05) is 34.1 Å². The number of nitrogens with zero attached hydrogens (tertiary/aromatic N) is 1. The van der Waals surface area contributed by atoms with Crippen LogP contribution in [0.15, 0.2) is 28.7 Å². The molecule has 0 bridgehead atoms. The Morgan fingerprint density at radius 2 is 1.80 bits per heavy atom. The van der Waals surface area contributed by atoms with Gasteiger partial charge in [0, 0.05) is 23.1 Å². The molecule has 2 rings (SSSR count). The van der Waals surface area contributed by atoms with E-state index >= 15 is 0 Å². The number of likely N-dealkylation sites (tertiary alicyclic amines) is 1. The molecule has 0 saturated carbocycles. The van der Waals surface area contributed by atoms with Crippen LogP contribution >= 0.6 is 15.9 Å². The van der Waals surface area contributed by atoms with Gasteiger partial charge in [-0.15, -0.1) is 0 Å². The van der Waals surface area contributed by atoms with Gasteiger partial charge in [-0.25, -0.2) is 4.79 Å². The van der Waals surface area contributed by atoms with Crippen molar-refractivity contribution in [2.45, 2.75) is 52.7 Å². The molecule has 0 spiro atoms. The van der Waals surface area contributed by atoms with Gasteiger partial charge in [-0.2, -0.15) is 0 Å². The maximum atomic E-state index is 12.5. The van der Waals surface area contributed by atoms with Gasteiger partial charge in [0.25, 0.3) is 0 Å². The zero-order chi connectivity index (χ0) is 18.7. The Balaban J connectivity index is 1.88. The molecule has 0 aromatic heterocycles. The van der Waals surface area contributed by atoms with E-state index in [9.17, 15) is 9.59 Å². The van der Waals surface area contributed by atoms with Gasteiger partial charge in [0.2, 0.25) is 0 Å². The number of hydrogen-bond donors (Lipinski definition) is 0. The van der Waals surface area contributed by atoms with E-state index in [1.54, 1.807) is 4.90 Å². The average Bonchev–Trinajstić information content (AvgIpc) is 2.52. The Kier molecular flexibility index (Phi) is 6.14. The van der Waals surface area contributed by atoms with Crippen LogP contribution in [0.3, 0.4) is 0 Å². The Morgan fingerprint density at radius 3 is 2.36 bits per heavy atom. The van der Waals surface area contributed by atoms with Crippen molar-refractivity contribution in [3.8, 4) is 0 Å². The van der Waals surface area contributed by atoms with E-state index in [1.165, 1.54) is 0 Å². The highest BCUT2D eigenvalue weighted by atomic mass is 79.9. The molecule has 138 valence electrons. The second kappa shape index (κ2) is 7.77. The van der Waals surface area contributed by atoms with Crippen LogP contribution in [0.25, 0.3) is 0 Å². The third-order valence-electron chi connectivity index (χ3n) is 4.33. The van der Waals surface area contributed by atoms with Crippen LogP contribution in [0.2, 0.25) is 0 Å². The molecular formula is C19H26BrNO4. The predicted molar refractivity (Wildman–Crippen MR) is 99.1 cm³/mol. The highest BCUT2D eigenvalue weighted by Crippen LogP contribution is 2.33. The topological polar surface area (TPSA) is 55.8 Å². The number of carbonyl (C=O) groups excluding carboxylic acids is 2. The Labute approximate surface area is 157 Å². The van der Waals surface area contributed by atoms with Crippen LogP contribution in [0.4, 0.5) is 4.79 Å². The van der Waals surface area contributed by atoms with Crippen molar-refractivity contribution >= 4 is 28.0 Å². The van der Waals surface area contributed by atoms with Gasteiger partial charge in [0.15, 0.2) is 0 Å². The lowest BCUT2D eigenvalue weighted by atomic mass is 9.80. The summed E-state index contributed by atoms with van der Waals surface area (Å²) in [6.45, 7) is 8.67. The quantitative estimate of drug-likeness (QED) is 0.685. The van der Waals surface area contributed by atoms with E-state index in [0.717, 1.165) is 10.0 Å². The molecule has 1 aliphatic rings. The Hall–Kier alpha value is -1.56. The highest BCUT2D eigenvalue weighted by molar-refractivity contribution is 9.10. The van der Waals surface area contributed by atoms with Crippen LogP contribution in [0.1, 0.15) is 46.1 Å². The normalized spacial score (nSPS) is 17.1. The van der Waals surface area contributed by atoms with Gasteiger partial charge in [-0.05, 0) is 46.6 Å². The Morgan fingerprint density at radius 1 is 1.20 bits per heavy atom. The first-order valence-electron chi connectivity index (χ1n) is 8.49. The summed E-state index contributed by atoms with van der Waals surface area (Å²) in [5, 5.41) is 0.